The van der Waals surface area contributed by atoms with E-state index in [1.165, 1.54) is 17.2 Å². The van der Waals surface area contributed by atoms with Crippen LogP contribution in [-0.2, 0) is 0 Å². The van der Waals surface area contributed by atoms with Gasteiger partial charge in [-0.1, -0.05) is 48.6 Å². The van der Waals surface area contributed by atoms with Crippen molar-refractivity contribution < 1.29 is 0 Å². The predicted molar refractivity (Wildman–Crippen MR) is 89.0 cm³/mol. The maximum atomic E-state index is 5.57. The van der Waals surface area contributed by atoms with Gasteiger partial charge in [0.1, 0.15) is 5.82 Å². The lowest BCUT2D eigenvalue weighted by Gasteiger charge is -2.29. The van der Waals surface area contributed by atoms with Crippen LogP contribution in [0.3, 0.4) is 0 Å². The molecule has 3 heteroatoms. The summed E-state index contributed by atoms with van der Waals surface area (Å²) < 4.78 is 0. The Labute approximate surface area is 125 Å². The highest BCUT2D eigenvalue weighted by Gasteiger charge is 2.10. The molecular weight excluding hydrogens is 264 g/mol. The summed E-state index contributed by atoms with van der Waals surface area (Å²) in [6.45, 7) is 2.11. The zero-order valence-electron chi connectivity index (χ0n) is 11.6. The summed E-state index contributed by atoms with van der Waals surface area (Å²) in [4.78, 5) is 3.10. The van der Waals surface area contributed by atoms with E-state index >= 15 is 0 Å². The molecule has 0 unspecified atom stereocenters. The fourth-order valence-electron chi connectivity index (χ4n) is 2.50. The van der Waals surface area contributed by atoms with Crippen LogP contribution in [0.4, 0.5) is 0 Å². The van der Waals surface area contributed by atoms with Crippen molar-refractivity contribution in [1.82, 2.24) is 10.2 Å². The van der Waals surface area contributed by atoms with E-state index in [0.717, 1.165) is 29.3 Å². The topological polar surface area (TPSA) is 15.3 Å². The van der Waals surface area contributed by atoms with Crippen LogP contribution in [0.1, 0.15) is 12.0 Å². The van der Waals surface area contributed by atoms with E-state index in [-0.39, 0.29) is 0 Å². The van der Waals surface area contributed by atoms with Crippen molar-refractivity contribution in [2.75, 3.05) is 20.1 Å². The number of nitrogens with zero attached hydrogens (tertiary/aromatic N) is 1. The van der Waals surface area contributed by atoms with Crippen LogP contribution in [0.15, 0.2) is 54.4 Å². The van der Waals surface area contributed by atoms with Crippen molar-refractivity contribution in [3.05, 3.63) is 59.9 Å². The molecule has 1 heterocycles. The molecule has 0 spiro atoms. The second-order valence-electron chi connectivity index (χ2n) is 5.16. The molecule has 2 aromatic carbocycles. The van der Waals surface area contributed by atoms with Crippen LogP contribution < -0.4 is 5.32 Å². The Morgan fingerprint density at radius 2 is 2.00 bits per heavy atom. The molecule has 0 atom stereocenters. The second-order valence-corrected chi connectivity index (χ2v) is 5.60. The maximum Gasteiger partial charge on any atom is 0.102 e. The van der Waals surface area contributed by atoms with Crippen LogP contribution >= 0.6 is 12.2 Å². The summed E-state index contributed by atoms with van der Waals surface area (Å²) in [5, 5.41) is 5.89. The van der Waals surface area contributed by atoms with E-state index in [0.29, 0.717) is 0 Å². The number of benzene rings is 2. The summed E-state index contributed by atoms with van der Waals surface area (Å²) in [5.41, 5.74) is 1.10. The Morgan fingerprint density at radius 3 is 2.80 bits per heavy atom. The molecule has 0 aliphatic carbocycles. The molecule has 0 amide bonds. The van der Waals surface area contributed by atoms with Crippen LogP contribution in [0.25, 0.3) is 10.8 Å². The summed E-state index contributed by atoms with van der Waals surface area (Å²) in [5.74, 6) is 1.12. The molecular formula is C17H18N2S. The SMILES string of the molecule is CN1CCCN/C1=C\C(=S)c1ccc2ccccc2c1. The van der Waals surface area contributed by atoms with Gasteiger partial charge < -0.3 is 10.2 Å². The van der Waals surface area contributed by atoms with Gasteiger partial charge in [0.2, 0.25) is 0 Å². The molecule has 1 N–H and O–H groups in total. The van der Waals surface area contributed by atoms with Crippen molar-refractivity contribution in [3.8, 4) is 0 Å². The minimum atomic E-state index is 0.881. The van der Waals surface area contributed by atoms with Crippen LogP contribution in [0, 0.1) is 0 Å². The average molecular weight is 282 g/mol. The van der Waals surface area contributed by atoms with Gasteiger partial charge in [0.25, 0.3) is 0 Å². The Kier molecular flexibility index (Phi) is 3.70. The third kappa shape index (κ3) is 2.68. The highest BCUT2D eigenvalue weighted by Crippen LogP contribution is 2.17. The van der Waals surface area contributed by atoms with E-state index < -0.39 is 0 Å². The van der Waals surface area contributed by atoms with Gasteiger partial charge in [0.05, 0.1) is 0 Å². The fourth-order valence-corrected chi connectivity index (χ4v) is 2.74. The zero-order valence-corrected chi connectivity index (χ0v) is 12.4. The molecule has 2 aromatic rings. The highest BCUT2D eigenvalue weighted by atomic mass is 32.1. The first-order valence-electron chi connectivity index (χ1n) is 6.94. The Bertz CT molecular complexity index is 675. The van der Waals surface area contributed by atoms with Crippen molar-refractivity contribution in [1.29, 1.82) is 0 Å². The molecule has 102 valence electrons. The molecule has 0 bridgehead atoms. The quantitative estimate of drug-likeness (QED) is 0.517. The van der Waals surface area contributed by atoms with Crippen molar-refractivity contribution in [3.63, 3.8) is 0 Å². The van der Waals surface area contributed by atoms with Crippen molar-refractivity contribution in [2.24, 2.45) is 0 Å². The van der Waals surface area contributed by atoms with Crippen LogP contribution in [-0.4, -0.2) is 29.9 Å². The molecule has 0 saturated carbocycles. The molecule has 0 aromatic heterocycles. The van der Waals surface area contributed by atoms with E-state index in [1.54, 1.807) is 0 Å². The zero-order chi connectivity index (χ0) is 13.9. The largest absolute Gasteiger partial charge is 0.372 e. The van der Waals surface area contributed by atoms with Gasteiger partial charge in [-0.2, -0.15) is 0 Å². The smallest absolute Gasteiger partial charge is 0.102 e. The average Bonchev–Trinajstić information content (AvgIpc) is 2.49. The number of rotatable bonds is 2. The molecule has 20 heavy (non-hydrogen) atoms. The molecule has 1 fully saturated rings. The number of thiocarbonyl (C=S) groups is 1. The lowest BCUT2D eigenvalue weighted by molar-refractivity contribution is 0.335. The third-order valence-electron chi connectivity index (χ3n) is 3.69. The summed E-state index contributed by atoms with van der Waals surface area (Å²) >= 11 is 5.57. The summed E-state index contributed by atoms with van der Waals surface area (Å²) in [6.07, 6.45) is 3.25. The van der Waals surface area contributed by atoms with Gasteiger partial charge in [-0.05, 0) is 34.9 Å². The molecule has 1 aliphatic rings. The van der Waals surface area contributed by atoms with Gasteiger partial charge in [0, 0.05) is 25.0 Å². The monoisotopic (exact) mass is 282 g/mol. The lowest BCUT2D eigenvalue weighted by Crippen LogP contribution is -2.37. The Balaban J connectivity index is 1.90. The van der Waals surface area contributed by atoms with E-state index in [9.17, 15) is 0 Å². The van der Waals surface area contributed by atoms with Gasteiger partial charge in [-0.15, -0.1) is 0 Å². The minimum Gasteiger partial charge on any atom is -0.372 e. The highest BCUT2D eigenvalue weighted by molar-refractivity contribution is 7.81. The molecule has 0 radical (unpaired) electrons. The molecule has 2 nitrogen and oxygen atoms in total. The standard InChI is InChI=1S/C17H18N2S/c1-19-10-4-9-18-17(19)12-16(20)15-8-7-13-5-2-3-6-14(13)11-15/h2-3,5-8,11-12,18H,4,9-10H2,1H3/b17-12+. The fraction of sp³-hybridized carbons (Fsp3) is 0.235. The predicted octanol–water partition coefficient (Wildman–Crippen LogP) is 3.32. The minimum absolute atomic E-state index is 0.881. The Hall–Kier alpha value is -1.87. The number of nitrogens with one attached hydrogen (secondary N) is 1. The number of hydrogen-bond acceptors (Lipinski definition) is 3. The summed E-state index contributed by atoms with van der Waals surface area (Å²) in [7, 11) is 2.10. The Morgan fingerprint density at radius 1 is 1.20 bits per heavy atom. The van der Waals surface area contributed by atoms with Crippen LogP contribution in [0.2, 0.25) is 0 Å². The number of allylic oxidation sites excluding steroid dienone is 1. The number of hydrogen-bond donors (Lipinski definition) is 1. The van der Waals surface area contributed by atoms with Crippen molar-refractivity contribution >= 4 is 27.9 Å². The molecule has 1 aliphatic heterocycles. The maximum absolute atomic E-state index is 5.57. The first-order chi connectivity index (χ1) is 9.74. The normalized spacial score (nSPS) is 17.2. The first-order valence-corrected chi connectivity index (χ1v) is 7.35. The molecule has 1 saturated heterocycles. The number of fused-ring (bicyclic) bond motifs is 1. The summed E-state index contributed by atoms with van der Waals surface area (Å²) in [6, 6.07) is 14.8. The van der Waals surface area contributed by atoms with E-state index in [1.807, 2.05) is 0 Å². The van der Waals surface area contributed by atoms with Gasteiger partial charge >= 0.3 is 0 Å². The van der Waals surface area contributed by atoms with Crippen LogP contribution in [0.5, 0.6) is 0 Å². The van der Waals surface area contributed by atoms with E-state index in [4.69, 9.17) is 12.2 Å². The van der Waals surface area contributed by atoms with Gasteiger partial charge in [-0.25, -0.2) is 0 Å². The van der Waals surface area contributed by atoms with E-state index in [2.05, 4.69) is 65.8 Å². The van der Waals surface area contributed by atoms with Gasteiger partial charge in [0.15, 0.2) is 0 Å². The second kappa shape index (κ2) is 5.63. The lowest BCUT2D eigenvalue weighted by atomic mass is 10.0. The molecule has 3 rings (SSSR count). The first kappa shape index (κ1) is 13.1. The third-order valence-corrected chi connectivity index (χ3v) is 4.04. The van der Waals surface area contributed by atoms with Crippen molar-refractivity contribution in [2.45, 2.75) is 6.42 Å². The van der Waals surface area contributed by atoms with Gasteiger partial charge in [-0.3, -0.25) is 0 Å².